The minimum atomic E-state index is -0.104. The maximum atomic E-state index is 12.2. The van der Waals surface area contributed by atoms with E-state index in [9.17, 15) is 4.79 Å². The van der Waals surface area contributed by atoms with Gasteiger partial charge < -0.3 is 9.15 Å². The Balaban J connectivity index is 2.22. The second-order valence-corrected chi connectivity index (χ2v) is 5.18. The zero-order chi connectivity index (χ0) is 11.9. The van der Waals surface area contributed by atoms with Crippen LogP contribution in [0.5, 0.6) is 0 Å². The van der Waals surface area contributed by atoms with E-state index in [1.807, 2.05) is 13.8 Å². The Morgan fingerprint density at radius 2 is 1.94 bits per heavy atom. The van der Waals surface area contributed by atoms with Gasteiger partial charge in [0.15, 0.2) is 10.4 Å². The first-order chi connectivity index (χ1) is 7.50. The highest BCUT2D eigenvalue weighted by Crippen LogP contribution is 2.35. The van der Waals surface area contributed by atoms with Crippen molar-refractivity contribution in [2.24, 2.45) is 11.8 Å². The molecular weight excluding hydrogens is 272 g/mol. The molecule has 2 heterocycles. The van der Waals surface area contributed by atoms with Crippen molar-refractivity contribution in [3.8, 4) is 0 Å². The summed E-state index contributed by atoms with van der Waals surface area (Å²) in [6.07, 6.45) is 0.0868. The standard InChI is InChI=1S/C12H15BrO3/c1-6-7(2)15-8(3)11(6)12(14)9-4-5-10(13)16-9/h4-8,11H,1-3H3. The quantitative estimate of drug-likeness (QED) is 0.784. The molecule has 2 rings (SSSR count). The number of carbonyl (C=O) groups is 1. The van der Waals surface area contributed by atoms with Crippen molar-refractivity contribution in [2.45, 2.75) is 33.0 Å². The highest BCUT2D eigenvalue weighted by atomic mass is 79.9. The molecule has 0 N–H and O–H groups in total. The normalized spacial score (nSPS) is 34.2. The van der Waals surface area contributed by atoms with E-state index in [2.05, 4.69) is 22.9 Å². The fraction of sp³-hybridized carbons (Fsp3) is 0.583. The maximum absolute atomic E-state index is 12.2. The number of rotatable bonds is 2. The lowest BCUT2D eigenvalue weighted by molar-refractivity contribution is 0.0484. The van der Waals surface area contributed by atoms with Crippen LogP contribution in [0.1, 0.15) is 31.3 Å². The third-order valence-corrected chi connectivity index (χ3v) is 3.79. The molecule has 1 aromatic rings. The zero-order valence-corrected chi connectivity index (χ0v) is 11.2. The van der Waals surface area contributed by atoms with Gasteiger partial charge in [-0.25, -0.2) is 0 Å². The van der Waals surface area contributed by atoms with Gasteiger partial charge in [-0.05, 0) is 47.8 Å². The van der Waals surface area contributed by atoms with E-state index < -0.39 is 0 Å². The number of furan rings is 1. The molecule has 16 heavy (non-hydrogen) atoms. The van der Waals surface area contributed by atoms with Gasteiger partial charge in [-0.2, -0.15) is 0 Å². The van der Waals surface area contributed by atoms with Crippen molar-refractivity contribution in [2.75, 3.05) is 0 Å². The Bertz CT molecular complexity index is 399. The monoisotopic (exact) mass is 286 g/mol. The minimum absolute atomic E-state index is 0.0371. The molecule has 1 aliphatic heterocycles. The lowest BCUT2D eigenvalue weighted by Gasteiger charge is -2.15. The average molecular weight is 287 g/mol. The van der Waals surface area contributed by atoms with Gasteiger partial charge in [0.1, 0.15) is 0 Å². The summed E-state index contributed by atoms with van der Waals surface area (Å²) in [5.74, 6) is 0.572. The topological polar surface area (TPSA) is 39.4 Å². The van der Waals surface area contributed by atoms with Gasteiger partial charge in [0.2, 0.25) is 5.78 Å². The van der Waals surface area contributed by atoms with Crippen LogP contribution >= 0.6 is 15.9 Å². The molecule has 1 fully saturated rings. The second kappa shape index (κ2) is 4.34. The second-order valence-electron chi connectivity index (χ2n) is 4.40. The molecule has 1 aliphatic rings. The third-order valence-electron chi connectivity index (χ3n) is 3.36. The van der Waals surface area contributed by atoms with Crippen LogP contribution in [0.2, 0.25) is 0 Å². The van der Waals surface area contributed by atoms with Gasteiger partial charge in [0, 0.05) is 0 Å². The zero-order valence-electron chi connectivity index (χ0n) is 9.57. The summed E-state index contributed by atoms with van der Waals surface area (Å²) in [5.41, 5.74) is 0. The maximum Gasteiger partial charge on any atom is 0.204 e. The van der Waals surface area contributed by atoms with Crippen LogP contribution < -0.4 is 0 Å². The molecule has 0 spiro atoms. The predicted octanol–water partition coefficient (Wildman–Crippen LogP) is 3.28. The van der Waals surface area contributed by atoms with Gasteiger partial charge in [0.25, 0.3) is 0 Å². The summed E-state index contributed by atoms with van der Waals surface area (Å²) in [5, 5.41) is 0. The summed E-state index contributed by atoms with van der Waals surface area (Å²) in [6.45, 7) is 6.00. The van der Waals surface area contributed by atoms with Crippen LogP contribution in [0, 0.1) is 11.8 Å². The molecule has 1 aromatic heterocycles. The Morgan fingerprint density at radius 1 is 1.25 bits per heavy atom. The summed E-state index contributed by atoms with van der Waals surface area (Å²) < 4.78 is 11.5. The molecule has 4 atom stereocenters. The van der Waals surface area contributed by atoms with Gasteiger partial charge in [0.05, 0.1) is 18.1 Å². The van der Waals surface area contributed by atoms with Crippen LogP contribution in [0.25, 0.3) is 0 Å². The van der Waals surface area contributed by atoms with E-state index >= 15 is 0 Å². The Kier molecular flexibility index (Phi) is 3.22. The lowest BCUT2D eigenvalue weighted by Crippen LogP contribution is -2.26. The molecule has 3 nitrogen and oxygen atoms in total. The van der Waals surface area contributed by atoms with Crippen LogP contribution in [0.15, 0.2) is 21.2 Å². The molecule has 0 saturated carbocycles. The van der Waals surface area contributed by atoms with Crippen LogP contribution in [0.4, 0.5) is 0 Å². The Hall–Kier alpha value is -0.610. The Morgan fingerprint density at radius 3 is 2.38 bits per heavy atom. The molecule has 88 valence electrons. The fourth-order valence-electron chi connectivity index (χ4n) is 2.33. The van der Waals surface area contributed by atoms with Crippen molar-refractivity contribution >= 4 is 21.7 Å². The number of ketones is 1. The van der Waals surface area contributed by atoms with E-state index in [0.717, 1.165) is 0 Å². The molecule has 0 amide bonds. The van der Waals surface area contributed by atoms with Crippen molar-refractivity contribution in [3.05, 3.63) is 22.6 Å². The largest absolute Gasteiger partial charge is 0.446 e. The number of halogens is 1. The molecule has 0 aromatic carbocycles. The fourth-order valence-corrected chi connectivity index (χ4v) is 2.64. The van der Waals surface area contributed by atoms with Crippen LogP contribution in [-0.4, -0.2) is 18.0 Å². The molecule has 0 radical (unpaired) electrons. The highest BCUT2D eigenvalue weighted by Gasteiger charge is 2.42. The van der Waals surface area contributed by atoms with Crippen molar-refractivity contribution in [3.63, 3.8) is 0 Å². The van der Waals surface area contributed by atoms with E-state index in [1.54, 1.807) is 12.1 Å². The van der Waals surface area contributed by atoms with Gasteiger partial charge >= 0.3 is 0 Å². The first-order valence-electron chi connectivity index (χ1n) is 5.45. The first kappa shape index (κ1) is 11.9. The highest BCUT2D eigenvalue weighted by molar-refractivity contribution is 9.10. The van der Waals surface area contributed by atoms with Crippen molar-refractivity contribution in [1.29, 1.82) is 0 Å². The van der Waals surface area contributed by atoms with Gasteiger partial charge in [-0.15, -0.1) is 0 Å². The molecular formula is C12H15BrO3. The molecule has 4 unspecified atom stereocenters. The third kappa shape index (κ3) is 1.96. The number of ether oxygens (including phenoxy) is 1. The van der Waals surface area contributed by atoms with Crippen LogP contribution in [-0.2, 0) is 4.74 Å². The van der Waals surface area contributed by atoms with Gasteiger partial charge in [-0.3, -0.25) is 4.79 Å². The number of hydrogen-bond donors (Lipinski definition) is 0. The summed E-state index contributed by atoms with van der Waals surface area (Å²) >= 11 is 3.20. The number of hydrogen-bond acceptors (Lipinski definition) is 3. The van der Waals surface area contributed by atoms with Crippen molar-refractivity contribution < 1.29 is 13.9 Å². The van der Waals surface area contributed by atoms with Crippen molar-refractivity contribution in [1.82, 2.24) is 0 Å². The SMILES string of the molecule is CC1OC(C)C(C(=O)c2ccc(Br)o2)C1C. The average Bonchev–Trinajstić information content (AvgIpc) is 2.73. The van der Waals surface area contributed by atoms with Crippen LogP contribution in [0.3, 0.4) is 0 Å². The van der Waals surface area contributed by atoms with E-state index in [1.165, 1.54) is 0 Å². The number of carbonyl (C=O) groups excluding carboxylic acids is 1. The molecule has 1 saturated heterocycles. The lowest BCUT2D eigenvalue weighted by atomic mass is 9.85. The van der Waals surface area contributed by atoms with E-state index in [-0.39, 0.29) is 29.8 Å². The van der Waals surface area contributed by atoms with Gasteiger partial charge in [-0.1, -0.05) is 6.92 Å². The van der Waals surface area contributed by atoms with E-state index in [4.69, 9.17) is 9.15 Å². The molecule has 0 aliphatic carbocycles. The first-order valence-corrected chi connectivity index (χ1v) is 6.25. The summed E-state index contributed by atoms with van der Waals surface area (Å²) in [7, 11) is 0. The minimum Gasteiger partial charge on any atom is -0.446 e. The molecule has 4 heteroatoms. The smallest absolute Gasteiger partial charge is 0.204 e. The summed E-state index contributed by atoms with van der Waals surface area (Å²) in [6, 6.07) is 3.44. The summed E-state index contributed by atoms with van der Waals surface area (Å²) in [4.78, 5) is 12.2. The predicted molar refractivity (Wildman–Crippen MR) is 63.4 cm³/mol. The Labute approximate surface area is 103 Å². The van der Waals surface area contributed by atoms with E-state index in [0.29, 0.717) is 10.4 Å². The number of Topliss-reactive ketones (excluding diaryl/α,β-unsaturated/α-hetero) is 1. The molecule has 0 bridgehead atoms.